The normalized spacial score (nSPS) is 14.1. The average Bonchev–Trinajstić information content (AvgIpc) is 1.61. The summed E-state index contributed by atoms with van der Waals surface area (Å²) in [4.78, 5) is 0. The van der Waals surface area contributed by atoms with E-state index in [1.807, 2.05) is 6.92 Å². The zero-order valence-corrected chi connectivity index (χ0v) is 5.77. The fourth-order valence-electron chi connectivity index (χ4n) is 0.215. The van der Waals surface area contributed by atoms with Gasteiger partial charge in [0.05, 0.1) is 0 Å². The van der Waals surface area contributed by atoms with E-state index in [0.717, 1.165) is 6.04 Å². The molecule has 0 saturated carbocycles. The van der Waals surface area contributed by atoms with E-state index < -0.39 is 0 Å². The Morgan fingerprint density at radius 2 is 2.43 bits per heavy atom. The highest BCUT2D eigenvalue weighted by atomic mass is 28.2. The van der Waals surface area contributed by atoms with Crippen molar-refractivity contribution in [3.63, 3.8) is 0 Å². The molecule has 2 N–H and O–H groups in total. The fourth-order valence-corrected chi connectivity index (χ4v) is 0.644. The Bertz CT molecular complexity index is 40.7. The van der Waals surface area contributed by atoms with Crippen molar-refractivity contribution in [2.24, 2.45) is 5.73 Å². The SMILES string of the molecule is CO[Si]CC(C)N. The molecule has 0 aliphatic rings. The predicted octanol–water partition coefficient (Wildman–Crippen LogP) is 0.0175. The van der Waals surface area contributed by atoms with E-state index in [1.54, 1.807) is 7.11 Å². The third-order valence-corrected chi connectivity index (χ3v) is 1.65. The van der Waals surface area contributed by atoms with Crippen LogP contribution in [0.1, 0.15) is 6.92 Å². The summed E-state index contributed by atoms with van der Waals surface area (Å²) in [7, 11) is 2.27. The highest BCUT2D eigenvalue weighted by molar-refractivity contribution is 6.27. The molecule has 3 heteroatoms. The van der Waals surface area contributed by atoms with Crippen LogP contribution in [0, 0.1) is 0 Å². The number of rotatable bonds is 3. The summed E-state index contributed by atoms with van der Waals surface area (Å²) in [6.45, 7) is 1.98. The molecule has 0 fully saturated rings. The second-order valence-corrected chi connectivity index (χ2v) is 2.64. The third kappa shape index (κ3) is 6.14. The first-order chi connectivity index (χ1) is 3.27. The van der Waals surface area contributed by atoms with Gasteiger partial charge in [0.2, 0.25) is 9.76 Å². The Morgan fingerprint density at radius 3 is 2.57 bits per heavy atom. The summed E-state index contributed by atoms with van der Waals surface area (Å²) in [5.74, 6) is 0. The molecule has 1 unspecified atom stereocenters. The zero-order chi connectivity index (χ0) is 5.70. The van der Waals surface area contributed by atoms with Crippen LogP contribution in [0.4, 0.5) is 0 Å². The van der Waals surface area contributed by atoms with Crippen molar-refractivity contribution in [1.29, 1.82) is 0 Å². The molecule has 7 heavy (non-hydrogen) atoms. The highest BCUT2D eigenvalue weighted by Gasteiger charge is 1.92. The summed E-state index contributed by atoms with van der Waals surface area (Å²) in [5.41, 5.74) is 5.41. The van der Waals surface area contributed by atoms with Gasteiger partial charge < -0.3 is 10.2 Å². The van der Waals surface area contributed by atoms with Gasteiger partial charge in [0.25, 0.3) is 0 Å². The smallest absolute Gasteiger partial charge is 0.230 e. The van der Waals surface area contributed by atoms with Gasteiger partial charge in [0, 0.05) is 13.2 Å². The molecule has 1 atom stereocenters. The highest BCUT2D eigenvalue weighted by Crippen LogP contribution is 1.82. The number of hydrogen-bond donors (Lipinski definition) is 1. The van der Waals surface area contributed by atoms with Gasteiger partial charge in [-0.3, -0.25) is 0 Å². The van der Waals surface area contributed by atoms with Gasteiger partial charge in [-0.25, -0.2) is 0 Å². The first-order valence-corrected chi connectivity index (χ1v) is 3.40. The van der Waals surface area contributed by atoms with Crippen molar-refractivity contribution < 1.29 is 4.43 Å². The summed E-state index contributed by atoms with van der Waals surface area (Å²) in [5, 5.41) is 0. The van der Waals surface area contributed by atoms with Gasteiger partial charge in [0.15, 0.2) is 0 Å². The lowest BCUT2D eigenvalue weighted by molar-refractivity contribution is 0.438. The Hall–Kier alpha value is 0.137. The number of nitrogens with two attached hydrogens (primary N) is 1. The van der Waals surface area contributed by atoms with Crippen molar-refractivity contribution in [3.8, 4) is 0 Å². The van der Waals surface area contributed by atoms with Crippen LogP contribution in [-0.2, 0) is 4.43 Å². The van der Waals surface area contributed by atoms with E-state index in [9.17, 15) is 0 Å². The predicted molar refractivity (Wildman–Crippen MR) is 31.2 cm³/mol. The molecule has 42 valence electrons. The van der Waals surface area contributed by atoms with E-state index in [2.05, 4.69) is 0 Å². The van der Waals surface area contributed by atoms with Gasteiger partial charge >= 0.3 is 0 Å². The van der Waals surface area contributed by atoms with Crippen LogP contribution in [0.15, 0.2) is 0 Å². The molecule has 0 bridgehead atoms. The monoisotopic (exact) mass is 117 g/mol. The maximum Gasteiger partial charge on any atom is 0.230 e. The average molecular weight is 117 g/mol. The second kappa shape index (κ2) is 4.30. The standard InChI is InChI=1S/C4H11NOSi/c1-4(5)3-7-6-2/h4H,3,5H2,1-2H3. The lowest BCUT2D eigenvalue weighted by Gasteiger charge is -1.98. The molecular weight excluding hydrogens is 106 g/mol. The van der Waals surface area contributed by atoms with Crippen LogP contribution in [0.2, 0.25) is 6.04 Å². The minimum absolute atomic E-state index is 0.290. The van der Waals surface area contributed by atoms with Gasteiger partial charge in [0.1, 0.15) is 0 Å². The molecule has 2 nitrogen and oxygen atoms in total. The summed E-state index contributed by atoms with van der Waals surface area (Å²) in [6.07, 6.45) is 0. The van der Waals surface area contributed by atoms with E-state index in [-0.39, 0.29) is 0 Å². The van der Waals surface area contributed by atoms with Gasteiger partial charge in [-0.05, 0) is 6.04 Å². The molecule has 0 heterocycles. The molecule has 2 radical (unpaired) electrons. The Labute approximate surface area is 47.0 Å². The lowest BCUT2D eigenvalue weighted by Crippen LogP contribution is -2.17. The van der Waals surface area contributed by atoms with Crippen LogP contribution in [0.5, 0.6) is 0 Å². The van der Waals surface area contributed by atoms with Gasteiger partial charge in [-0.15, -0.1) is 0 Å². The summed E-state index contributed by atoms with van der Waals surface area (Å²) >= 11 is 0. The summed E-state index contributed by atoms with van der Waals surface area (Å²) < 4.78 is 4.80. The number of hydrogen-bond acceptors (Lipinski definition) is 2. The van der Waals surface area contributed by atoms with Crippen LogP contribution >= 0.6 is 0 Å². The van der Waals surface area contributed by atoms with Crippen molar-refractivity contribution in [1.82, 2.24) is 0 Å². The van der Waals surface area contributed by atoms with E-state index in [0.29, 0.717) is 15.8 Å². The largest absolute Gasteiger partial charge is 0.421 e. The zero-order valence-electron chi connectivity index (χ0n) is 4.77. The molecular formula is C4H11NOSi. The van der Waals surface area contributed by atoms with Gasteiger partial charge in [-0.1, -0.05) is 6.92 Å². The molecule has 0 spiro atoms. The van der Waals surface area contributed by atoms with Crippen LogP contribution in [0.3, 0.4) is 0 Å². The van der Waals surface area contributed by atoms with Crippen molar-refractivity contribution in [3.05, 3.63) is 0 Å². The van der Waals surface area contributed by atoms with Crippen LogP contribution in [-0.4, -0.2) is 22.9 Å². The molecule has 0 aliphatic heterocycles. The van der Waals surface area contributed by atoms with Crippen molar-refractivity contribution in [2.45, 2.75) is 19.0 Å². The van der Waals surface area contributed by atoms with Crippen LogP contribution in [0.25, 0.3) is 0 Å². The Balaban J connectivity index is 2.68. The third-order valence-electron chi connectivity index (χ3n) is 0.550. The molecule has 0 saturated heterocycles. The fraction of sp³-hybridized carbons (Fsp3) is 1.00. The molecule has 0 aromatic heterocycles. The first kappa shape index (κ1) is 7.14. The first-order valence-electron chi connectivity index (χ1n) is 2.28. The van der Waals surface area contributed by atoms with Gasteiger partial charge in [-0.2, -0.15) is 0 Å². The Kier molecular flexibility index (Phi) is 4.38. The van der Waals surface area contributed by atoms with Crippen molar-refractivity contribution >= 4 is 9.76 Å². The maximum absolute atomic E-state index is 5.41. The minimum Gasteiger partial charge on any atom is -0.421 e. The molecule has 0 aromatic rings. The minimum atomic E-state index is 0.290. The second-order valence-electron chi connectivity index (χ2n) is 1.53. The van der Waals surface area contributed by atoms with E-state index in [1.165, 1.54) is 0 Å². The van der Waals surface area contributed by atoms with Crippen molar-refractivity contribution in [2.75, 3.05) is 7.11 Å². The maximum atomic E-state index is 5.41. The topological polar surface area (TPSA) is 35.2 Å². The summed E-state index contributed by atoms with van der Waals surface area (Å²) in [6, 6.07) is 1.27. The van der Waals surface area contributed by atoms with Crippen LogP contribution < -0.4 is 5.73 Å². The quantitative estimate of drug-likeness (QED) is 0.529. The Morgan fingerprint density at radius 1 is 1.86 bits per heavy atom. The molecule has 0 aromatic carbocycles. The molecule has 0 aliphatic carbocycles. The van der Waals surface area contributed by atoms with E-state index in [4.69, 9.17) is 10.2 Å². The lowest BCUT2D eigenvalue weighted by atomic mass is 10.4. The molecule has 0 rings (SSSR count). The molecule has 0 amide bonds. The van der Waals surface area contributed by atoms with E-state index >= 15 is 0 Å².